The first-order valence-corrected chi connectivity index (χ1v) is 5.02. The molecule has 0 fully saturated rings. The SMILES string of the molecule is CCOC(=O)CCC(=N)C(=N)C(=O)OCC. The van der Waals surface area contributed by atoms with Gasteiger partial charge in [-0.2, -0.15) is 0 Å². The van der Waals surface area contributed by atoms with E-state index in [1.807, 2.05) is 0 Å². The molecule has 0 aliphatic heterocycles. The summed E-state index contributed by atoms with van der Waals surface area (Å²) in [6.07, 6.45) is 0.00490. The van der Waals surface area contributed by atoms with Crippen LogP contribution >= 0.6 is 0 Å². The minimum Gasteiger partial charge on any atom is -0.466 e. The molecule has 0 aromatic rings. The monoisotopic (exact) mass is 228 g/mol. The smallest absolute Gasteiger partial charge is 0.358 e. The third kappa shape index (κ3) is 5.23. The molecule has 0 aromatic carbocycles. The average Bonchev–Trinajstić information content (AvgIpc) is 2.25. The highest BCUT2D eigenvalue weighted by atomic mass is 16.5. The fourth-order valence-electron chi connectivity index (χ4n) is 0.912. The molecule has 0 spiro atoms. The number of ether oxygens (including phenoxy) is 2. The number of hydrogen-bond donors (Lipinski definition) is 2. The second kappa shape index (κ2) is 7.56. The second-order valence-corrected chi connectivity index (χ2v) is 2.88. The minimum atomic E-state index is -0.837. The molecule has 0 aliphatic rings. The van der Waals surface area contributed by atoms with E-state index in [0.29, 0.717) is 0 Å². The molecule has 0 heterocycles. The predicted molar refractivity (Wildman–Crippen MR) is 58.0 cm³/mol. The highest BCUT2D eigenvalue weighted by molar-refractivity contribution is 6.64. The summed E-state index contributed by atoms with van der Waals surface area (Å²) in [6.45, 7) is 3.74. The van der Waals surface area contributed by atoms with Crippen molar-refractivity contribution in [1.29, 1.82) is 10.8 Å². The first-order chi connectivity index (χ1) is 7.52. The summed E-state index contributed by atoms with van der Waals surface area (Å²) in [5.74, 6) is -1.28. The molecule has 0 saturated heterocycles. The third-order valence-corrected chi connectivity index (χ3v) is 1.67. The Bertz CT molecular complexity index is 299. The molecule has 0 atom stereocenters. The molecule has 0 aromatic heterocycles. The molecule has 6 nitrogen and oxygen atoms in total. The Labute approximate surface area is 93.9 Å². The van der Waals surface area contributed by atoms with Crippen LogP contribution in [0.3, 0.4) is 0 Å². The molecule has 2 N–H and O–H groups in total. The van der Waals surface area contributed by atoms with Crippen LogP contribution in [0.15, 0.2) is 0 Å². The van der Waals surface area contributed by atoms with Crippen molar-refractivity contribution in [1.82, 2.24) is 0 Å². The van der Waals surface area contributed by atoms with E-state index >= 15 is 0 Å². The molecule has 16 heavy (non-hydrogen) atoms. The lowest BCUT2D eigenvalue weighted by atomic mass is 10.1. The summed E-state index contributed by atoms with van der Waals surface area (Å²) >= 11 is 0. The highest BCUT2D eigenvalue weighted by Crippen LogP contribution is 1.97. The number of esters is 2. The van der Waals surface area contributed by atoms with E-state index in [1.165, 1.54) is 0 Å². The normalized spacial score (nSPS) is 9.38. The summed E-state index contributed by atoms with van der Waals surface area (Å²) in [7, 11) is 0. The van der Waals surface area contributed by atoms with E-state index in [0.717, 1.165) is 0 Å². The molecule has 0 aliphatic carbocycles. The van der Waals surface area contributed by atoms with Crippen LogP contribution in [-0.2, 0) is 19.1 Å². The third-order valence-electron chi connectivity index (χ3n) is 1.67. The Morgan fingerprint density at radius 2 is 1.56 bits per heavy atom. The van der Waals surface area contributed by atoms with Gasteiger partial charge in [-0.25, -0.2) is 4.79 Å². The van der Waals surface area contributed by atoms with Gasteiger partial charge in [0.2, 0.25) is 0 Å². The Kier molecular flexibility index (Phi) is 6.74. The van der Waals surface area contributed by atoms with Gasteiger partial charge < -0.3 is 14.9 Å². The van der Waals surface area contributed by atoms with Crippen molar-refractivity contribution in [2.45, 2.75) is 26.7 Å². The van der Waals surface area contributed by atoms with Crippen LogP contribution in [0, 0.1) is 10.8 Å². The van der Waals surface area contributed by atoms with Crippen LogP contribution in [0.2, 0.25) is 0 Å². The van der Waals surface area contributed by atoms with Crippen molar-refractivity contribution >= 4 is 23.4 Å². The Morgan fingerprint density at radius 3 is 2.06 bits per heavy atom. The van der Waals surface area contributed by atoms with E-state index in [4.69, 9.17) is 10.8 Å². The zero-order chi connectivity index (χ0) is 12.6. The number of nitrogens with one attached hydrogen (secondary N) is 2. The van der Waals surface area contributed by atoms with E-state index in [-0.39, 0.29) is 31.8 Å². The standard InChI is InChI=1S/C10H16N2O4/c1-3-15-8(13)6-5-7(11)9(12)10(14)16-4-2/h11-12H,3-6H2,1-2H3. The maximum atomic E-state index is 11.1. The quantitative estimate of drug-likeness (QED) is 0.500. The lowest BCUT2D eigenvalue weighted by Crippen LogP contribution is -2.25. The van der Waals surface area contributed by atoms with Crippen molar-refractivity contribution < 1.29 is 19.1 Å². The van der Waals surface area contributed by atoms with Crippen molar-refractivity contribution in [3.63, 3.8) is 0 Å². The molecular weight excluding hydrogens is 212 g/mol. The van der Waals surface area contributed by atoms with E-state index in [2.05, 4.69) is 9.47 Å². The minimum absolute atomic E-state index is 0.00550. The zero-order valence-electron chi connectivity index (χ0n) is 9.46. The number of carbonyl (C=O) groups excluding carboxylic acids is 2. The summed E-state index contributed by atoms with van der Waals surface area (Å²) in [4.78, 5) is 22.0. The van der Waals surface area contributed by atoms with Gasteiger partial charge in [-0.05, 0) is 13.8 Å². The van der Waals surface area contributed by atoms with Gasteiger partial charge in [0.1, 0.15) is 0 Å². The molecule has 0 bridgehead atoms. The van der Waals surface area contributed by atoms with Crippen LogP contribution in [-0.4, -0.2) is 36.6 Å². The lowest BCUT2D eigenvalue weighted by molar-refractivity contribution is -0.143. The van der Waals surface area contributed by atoms with Crippen LogP contribution < -0.4 is 0 Å². The first kappa shape index (κ1) is 14.3. The summed E-state index contributed by atoms with van der Waals surface area (Å²) < 4.78 is 9.22. The van der Waals surface area contributed by atoms with Gasteiger partial charge in [-0.15, -0.1) is 0 Å². The lowest BCUT2D eigenvalue weighted by Gasteiger charge is -2.05. The van der Waals surface area contributed by atoms with Gasteiger partial charge in [-0.3, -0.25) is 10.2 Å². The molecule has 0 saturated carbocycles. The van der Waals surface area contributed by atoms with Crippen molar-refractivity contribution in [3.05, 3.63) is 0 Å². The van der Waals surface area contributed by atoms with E-state index in [1.54, 1.807) is 13.8 Å². The Morgan fingerprint density at radius 1 is 1.00 bits per heavy atom. The van der Waals surface area contributed by atoms with Gasteiger partial charge in [0, 0.05) is 6.42 Å². The fraction of sp³-hybridized carbons (Fsp3) is 0.600. The highest BCUT2D eigenvalue weighted by Gasteiger charge is 2.16. The van der Waals surface area contributed by atoms with Crippen LogP contribution in [0.5, 0.6) is 0 Å². The molecule has 0 rings (SSSR count). The number of rotatable bonds is 7. The fourth-order valence-corrected chi connectivity index (χ4v) is 0.912. The van der Waals surface area contributed by atoms with Gasteiger partial charge in [-0.1, -0.05) is 0 Å². The van der Waals surface area contributed by atoms with Gasteiger partial charge in [0.05, 0.1) is 25.3 Å². The summed E-state index contributed by atoms with van der Waals surface area (Å²) in [6, 6.07) is 0. The van der Waals surface area contributed by atoms with Gasteiger partial charge >= 0.3 is 11.9 Å². The molecule has 0 radical (unpaired) electrons. The Balaban J connectivity index is 4.02. The maximum absolute atomic E-state index is 11.1. The topological polar surface area (TPSA) is 100 Å². The van der Waals surface area contributed by atoms with E-state index in [9.17, 15) is 9.59 Å². The first-order valence-electron chi connectivity index (χ1n) is 5.02. The molecular formula is C10H16N2O4. The van der Waals surface area contributed by atoms with Crippen LogP contribution in [0.4, 0.5) is 0 Å². The zero-order valence-corrected chi connectivity index (χ0v) is 9.46. The van der Waals surface area contributed by atoms with Crippen LogP contribution in [0.25, 0.3) is 0 Å². The molecule has 0 amide bonds. The number of hydrogen-bond acceptors (Lipinski definition) is 6. The molecule has 0 unspecified atom stereocenters. The number of carbonyl (C=O) groups is 2. The van der Waals surface area contributed by atoms with E-state index < -0.39 is 17.7 Å². The van der Waals surface area contributed by atoms with Gasteiger partial charge in [0.15, 0.2) is 5.71 Å². The van der Waals surface area contributed by atoms with Gasteiger partial charge in [0.25, 0.3) is 0 Å². The Hall–Kier alpha value is -1.72. The van der Waals surface area contributed by atoms with Crippen molar-refractivity contribution in [3.8, 4) is 0 Å². The maximum Gasteiger partial charge on any atom is 0.358 e. The van der Waals surface area contributed by atoms with Crippen molar-refractivity contribution in [2.24, 2.45) is 0 Å². The summed E-state index contributed by atoms with van der Waals surface area (Å²) in [5.41, 5.74) is -0.724. The average molecular weight is 228 g/mol. The summed E-state index contributed by atoms with van der Waals surface area (Å²) in [5, 5.41) is 14.7. The molecule has 90 valence electrons. The second-order valence-electron chi connectivity index (χ2n) is 2.88. The van der Waals surface area contributed by atoms with Crippen LogP contribution in [0.1, 0.15) is 26.7 Å². The predicted octanol–water partition coefficient (Wildman–Crippen LogP) is 0.932. The largest absolute Gasteiger partial charge is 0.466 e. The van der Waals surface area contributed by atoms with Crippen molar-refractivity contribution in [2.75, 3.05) is 13.2 Å². The molecule has 6 heteroatoms.